The molecule has 0 atom stereocenters. The van der Waals surface area contributed by atoms with Gasteiger partial charge in [-0.15, -0.1) is 24.0 Å². The van der Waals surface area contributed by atoms with E-state index in [0.29, 0.717) is 5.92 Å². The summed E-state index contributed by atoms with van der Waals surface area (Å²) in [5.41, 5.74) is -0.441. The lowest BCUT2D eigenvalue weighted by molar-refractivity contribution is 0.00928. The van der Waals surface area contributed by atoms with E-state index in [0.717, 1.165) is 64.4 Å². The van der Waals surface area contributed by atoms with E-state index in [4.69, 9.17) is 9.73 Å². The highest BCUT2D eigenvalue weighted by atomic mass is 127. The Morgan fingerprint density at radius 3 is 2.32 bits per heavy atom. The van der Waals surface area contributed by atoms with Crippen molar-refractivity contribution in [3.8, 4) is 0 Å². The van der Waals surface area contributed by atoms with Gasteiger partial charge in [0.2, 0.25) is 0 Å². The van der Waals surface area contributed by atoms with Gasteiger partial charge in [0.05, 0.1) is 0 Å². The first-order valence-corrected chi connectivity index (χ1v) is 10.9. The summed E-state index contributed by atoms with van der Waals surface area (Å²) in [5, 5.41) is 3.42. The van der Waals surface area contributed by atoms with E-state index in [1.165, 1.54) is 12.8 Å². The second kappa shape index (κ2) is 12.1. The van der Waals surface area contributed by atoms with Crippen LogP contribution in [0.4, 0.5) is 4.79 Å². The summed E-state index contributed by atoms with van der Waals surface area (Å²) in [6.07, 6.45) is 6.58. The van der Waals surface area contributed by atoms with Crippen molar-refractivity contribution in [3.05, 3.63) is 0 Å². The maximum absolute atomic E-state index is 12.8. The lowest BCUT2D eigenvalue weighted by Gasteiger charge is -2.40. The van der Waals surface area contributed by atoms with Gasteiger partial charge in [-0.1, -0.05) is 13.3 Å². The second-order valence-electron chi connectivity index (χ2n) is 8.88. The molecule has 0 aromatic rings. The summed E-state index contributed by atoms with van der Waals surface area (Å²) in [4.78, 5) is 21.9. The molecule has 1 saturated carbocycles. The third-order valence-corrected chi connectivity index (χ3v) is 5.09. The minimum absolute atomic E-state index is 0. The zero-order valence-corrected chi connectivity index (χ0v) is 20.8. The fraction of sp³-hybridized carbons (Fsp3) is 0.905. The summed E-state index contributed by atoms with van der Waals surface area (Å²) in [7, 11) is 0. The Hall–Kier alpha value is -0.730. The summed E-state index contributed by atoms with van der Waals surface area (Å²) < 4.78 is 5.70. The maximum atomic E-state index is 12.8. The number of amides is 1. The topological polar surface area (TPSA) is 57.2 Å². The van der Waals surface area contributed by atoms with E-state index in [2.05, 4.69) is 24.1 Å². The summed E-state index contributed by atoms with van der Waals surface area (Å²) in [6.45, 7) is 14.6. The van der Waals surface area contributed by atoms with Crippen LogP contribution in [0.2, 0.25) is 0 Å². The molecule has 1 aliphatic heterocycles. The van der Waals surface area contributed by atoms with Gasteiger partial charge in [0.25, 0.3) is 0 Å². The number of carbonyl (C=O) groups excluding carboxylic acids is 1. The molecular weight excluding hydrogens is 467 g/mol. The van der Waals surface area contributed by atoms with Crippen molar-refractivity contribution in [3.63, 3.8) is 0 Å². The van der Waals surface area contributed by atoms with Crippen LogP contribution in [-0.2, 0) is 4.74 Å². The minimum atomic E-state index is -0.441. The van der Waals surface area contributed by atoms with Gasteiger partial charge in [0, 0.05) is 38.8 Å². The SMILES string of the molecule is CCCCN=C(NCC)N1CCC(N(CC2CC2)C(=O)OC(C)(C)C)CC1.I. The highest BCUT2D eigenvalue weighted by Crippen LogP contribution is 2.32. The fourth-order valence-electron chi connectivity index (χ4n) is 3.43. The highest BCUT2D eigenvalue weighted by molar-refractivity contribution is 14.0. The number of piperidine rings is 1. The Morgan fingerprint density at radius 1 is 1.18 bits per heavy atom. The molecule has 1 heterocycles. The van der Waals surface area contributed by atoms with Crippen molar-refractivity contribution < 1.29 is 9.53 Å². The number of carbonyl (C=O) groups is 1. The van der Waals surface area contributed by atoms with E-state index in [-0.39, 0.29) is 36.1 Å². The molecule has 1 aliphatic carbocycles. The Bertz CT molecular complexity index is 495. The molecule has 28 heavy (non-hydrogen) atoms. The molecule has 0 unspecified atom stereocenters. The van der Waals surface area contributed by atoms with Gasteiger partial charge in [-0.25, -0.2) is 4.79 Å². The Labute approximate surface area is 188 Å². The summed E-state index contributed by atoms with van der Waals surface area (Å²) in [5.74, 6) is 1.69. The molecule has 0 spiro atoms. The molecule has 0 aromatic heterocycles. The van der Waals surface area contributed by atoms with E-state index in [9.17, 15) is 4.79 Å². The molecule has 6 nitrogen and oxygen atoms in total. The standard InChI is InChI=1S/C21H40N4O2.HI/c1-6-8-13-23-19(22-7-2)24-14-11-18(12-15-24)25(16-17-9-10-17)20(26)27-21(3,4)5;/h17-18H,6-16H2,1-5H3,(H,22,23);1H. The molecule has 2 rings (SSSR count). The van der Waals surface area contributed by atoms with Crippen molar-refractivity contribution >= 4 is 36.0 Å². The first kappa shape index (κ1) is 25.3. The van der Waals surface area contributed by atoms with Crippen molar-refractivity contribution in [2.75, 3.05) is 32.7 Å². The minimum Gasteiger partial charge on any atom is -0.444 e. The van der Waals surface area contributed by atoms with Gasteiger partial charge in [-0.3, -0.25) is 4.99 Å². The summed E-state index contributed by atoms with van der Waals surface area (Å²) >= 11 is 0. The van der Waals surface area contributed by atoms with Crippen molar-refractivity contribution in [1.29, 1.82) is 0 Å². The number of hydrogen-bond acceptors (Lipinski definition) is 3. The van der Waals surface area contributed by atoms with Crippen LogP contribution in [0.3, 0.4) is 0 Å². The van der Waals surface area contributed by atoms with Gasteiger partial charge in [-0.05, 0) is 65.7 Å². The molecule has 2 fully saturated rings. The maximum Gasteiger partial charge on any atom is 0.410 e. The van der Waals surface area contributed by atoms with E-state index in [1.807, 2.05) is 25.7 Å². The zero-order chi connectivity index (χ0) is 19.9. The lowest BCUT2D eigenvalue weighted by atomic mass is 10.0. The van der Waals surface area contributed by atoms with Crippen molar-refractivity contribution in [2.45, 2.75) is 84.8 Å². The number of unbranched alkanes of at least 4 members (excludes halogenated alkanes) is 1. The predicted octanol–water partition coefficient (Wildman–Crippen LogP) is 4.48. The zero-order valence-electron chi connectivity index (χ0n) is 18.5. The Kier molecular flexibility index (Phi) is 10.9. The molecule has 7 heteroatoms. The number of likely N-dealkylation sites (tertiary alicyclic amines) is 1. The average molecular weight is 508 g/mol. The van der Waals surface area contributed by atoms with Crippen molar-refractivity contribution in [1.82, 2.24) is 15.1 Å². The van der Waals surface area contributed by atoms with Crippen LogP contribution < -0.4 is 5.32 Å². The third-order valence-electron chi connectivity index (χ3n) is 5.09. The molecule has 1 amide bonds. The van der Waals surface area contributed by atoms with Gasteiger partial charge < -0.3 is 19.9 Å². The van der Waals surface area contributed by atoms with Crippen LogP contribution >= 0.6 is 24.0 Å². The van der Waals surface area contributed by atoms with Crippen LogP contribution in [-0.4, -0.2) is 66.2 Å². The molecule has 0 aromatic carbocycles. The predicted molar refractivity (Wildman–Crippen MR) is 127 cm³/mol. The number of halogens is 1. The molecule has 1 saturated heterocycles. The lowest BCUT2D eigenvalue weighted by Crippen LogP contribution is -2.52. The smallest absolute Gasteiger partial charge is 0.410 e. The number of nitrogens with zero attached hydrogens (tertiary/aromatic N) is 3. The van der Waals surface area contributed by atoms with Gasteiger partial charge in [0.15, 0.2) is 5.96 Å². The Balaban J connectivity index is 0.00000392. The number of nitrogens with one attached hydrogen (secondary N) is 1. The number of aliphatic imine (C=N–C) groups is 1. The summed E-state index contributed by atoms with van der Waals surface area (Å²) in [6, 6.07) is 0.273. The molecule has 164 valence electrons. The number of hydrogen-bond donors (Lipinski definition) is 1. The number of ether oxygens (including phenoxy) is 1. The van der Waals surface area contributed by atoms with Crippen LogP contribution in [0.1, 0.15) is 73.1 Å². The van der Waals surface area contributed by atoms with E-state index < -0.39 is 5.60 Å². The van der Waals surface area contributed by atoms with E-state index >= 15 is 0 Å². The molecule has 0 radical (unpaired) electrons. The Morgan fingerprint density at radius 2 is 1.82 bits per heavy atom. The molecular formula is C21H41IN4O2. The largest absolute Gasteiger partial charge is 0.444 e. The van der Waals surface area contributed by atoms with Gasteiger partial charge in [0.1, 0.15) is 5.60 Å². The first-order valence-electron chi connectivity index (χ1n) is 10.9. The fourth-order valence-corrected chi connectivity index (χ4v) is 3.43. The van der Waals surface area contributed by atoms with Crippen molar-refractivity contribution in [2.24, 2.45) is 10.9 Å². The highest BCUT2D eigenvalue weighted by Gasteiger charge is 2.35. The third kappa shape index (κ3) is 8.74. The van der Waals surface area contributed by atoms with E-state index in [1.54, 1.807) is 0 Å². The molecule has 2 aliphatic rings. The monoisotopic (exact) mass is 508 g/mol. The first-order chi connectivity index (χ1) is 12.8. The number of guanidine groups is 1. The number of rotatable bonds is 7. The van der Waals surface area contributed by atoms with Gasteiger partial charge in [-0.2, -0.15) is 0 Å². The van der Waals surface area contributed by atoms with Crippen LogP contribution in [0.15, 0.2) is 4.99 Å². The molecule has 1 N–H and O–H groups in total. The second-order valence-corrected chi connectivity index (χ2v) is 8.88. The normalized spacial score (nSPS) is 18.5. The average Bonchev–Trinajstić information content (AvgIpc) is 3.42. The molecule has 0 bridgehead atoms. The van der Waals surface area contributed by atoms with Gasteiger partial charge >= 0.3 is 6.09 Å². The quantitative estimate of drug-likeness (QED) is 0.239. The van der Waals surface area contributed by atoms with Crippen LogP contribution in [0, 0.1) is 5.92 Å². The van der Waals surface area contributed by atoms with Crippen LogP contribution in [0.5, 0.6) is 0 Å². The van der Waals surface area contributed by atoms with Crippen LogP contribution in [0.25, 0.3) is 0 Å².